The number of carbonyl (C=O) groups is 1. The van der Waals surface area contributed by atoms with Gasteiger partial charge in [0, 0.05) is 13.7 Å². The van der Waals surface area contributed by atoms with Gasteiger partial charge < -0.3 is 19.5 Å². The largest absolute Gasteiger partial charge is 0.491 e. The summed E-state index contributed by atoms with van der Waals surface area (Å²) < 4.78 is 17.0. The summed E-state index contributed by atoms with van der Waals surface area (Å²) in [7, 11) is 1.64. The average molecular weight is 422 g/mol. The normalized spacial score (nSPS) is 11.7. The molecule has 0 fully saturated rings. The fourth-order valence-electron chi connectivity index (χ4n) is 2.22. The SMILES string of the molecule is COCCOc1ccc(CNC(=O)C(C)Oc2ccc(C)cc2Br)cc1. The number of benzene rings is 2. The van der Waals surface area contributed by atoms with Crippen molar-refractivity contribution in [2.75, 3.05) is 20.3 Å². The van der Waals surface area contributed by atoms with E-state index in [0.717, 1.165) is 21.3 Å². The molecular weight excluding hydrogens is 398 g/mol. The highest BCUT2D eigenvalue weighted by Gasteiger charge is 2.15. The van der Waals surface area contributed by atoms with Crippen LogP contribution in [0.4, 0.5) is 0 Å². The van der Waals surface area contributed by atoms with Gasteiger partial charge in [0.1, 0.15) is 18.1 Å². The summed E-state index contributed by atoms with van der Waals surface area (Å²) in [6.45, 7) is 5.22. The first-order valence-corrected chi connectivity index (χ1v) is 9.20. The minimum Gasteiger partial charge on any atom is -0.491 e. The third-order valence-corrected chi connectivity index (χ3v) is 4.33. The molecule has 2 rings (SSSR count). The van der Waals surface area contributed by atoms with Gasteiger partial charge >= 0.3 is 0 Å². The van der Waals surface area contributed by atoms with E-state index in [0.29, 0.717) is 25.5 Å². The van der Waals surface area contributed by atoms with Gasteiger partial charge in [0.25, 0.3) is 5.91 Å². The number of ether oxygens (including phenoxy) is 3. The maximum absolute atomic E-state index is 12.3. The summed E-state index contributed by atoms with van der Waals surface area (Å²) in [5.74, 6) is 1.26. The van der Waals surface area contributed by atoms with E-state index in [1.807, 2.05) is 49.4 Å². The molecule has 0 aliphatic rings. The molecule has 1 unspecified atom stereocenters. The number of carbonyl (C=O) groups excluding carboxylic acids is 1. The van der Waals surface area contributed by atoms with Crippen molar-refractivity contribution in [1.82, 2.24) is 5.32 Å². The second-order valence-electron chi connectivity index (χ2n) is 5.90. The zero-order valence-corrected chi connectivity index (χ0v) is 16.8. The number of aryl methyl sites for hydroxylation is 1. The van der Waals surface area contributed by atoms with Gasteiger partial charge in [-0.1, -0.05) is 18.2 Å². The van der Waals surface area contributed by atoms with E-state index in [9.17, 15) is 4.79 Å². The maximum Gasteiger partial charge on any atom is 0.261 e. The Morgan fingerprint density at radius 2 is 1.88 bits per heavy atom. The molecule has 0 aliphatic heterocycles. The Morgan fingerprint density at radius 3 is 2.54 bits per heavy atom. The molecule has 1 amide bonds. The first kappa shape index (κ1) is 20.3. The fraction of sp³-hybridized carbons (Fsp3) is 0.350. The van der Waals surface area contributed by atoms with Crippen molar-refractivity contribution in [2.45, 2.75) is 26.5 Å². The smallest absolute Gasteiger partial charge is 0.261 e. The molecule has 0 aromatic heterocycles. The molecule has 0 saturated heterocycles. The van der Waals surface area contributed by atoms with Gasteiger partial charge in [0.05, 0.1) is 11.1 Å². The second-order valence-corrected chi connectivity index (χ2v) is 6.75. The van der Waals surface area contributed by atoms with E-state index in [4.69, 9.17) is 14.2 Å². The molecule has 0 bridgehead atoms. The van der Waals surface area contributed by atoms with Crippen molar-refractivity contribution < 1.29 is 19.0 Å². The number of methoxy groups -OCH3 is 1. The van der Waals surface area contributed by atoms with Gasteiger partial charge in [0.15, 0.2) is 6.10 Å². The highest BCUT2D eigenvalue weighted by atomic mass is 79.9. The molecule has 1 atom stereocenters. The van der Waals surface area contributed by atoms with Crippen molar-refractivity contribution in [3.8, 4) is 11.5 Å². The molecule has 1 N–H and O–H groups in total. The van der Waals surface area contributed by atoms with Gasteiger partial charge in [-0.3, -0.25) is 4.79 Å². The lowest BCUT2D eigenvalue weighted by Crippen LogP contribution is -2.35. The Kier molecular flexibility index (Phi) is 7.94. The number of nitrogens with one attached hydrogen (secondary N) is 1. The van der Waals surface area contributed by atoms with Crippen LogP contribution in [0.2, 0.25) is 0 Å². The molecule has 26 heavy (non-hydrogen) atoms. The van der Waals surface area contributed by atoms with Crippen LogP contribution in [0.5, 0.6) is 11.5 Å². The van der Waals surface area contributed by atoms with Crippen LogP contribution in [0.3, 0.4) is 0 Å². The summed E-state index contributed by atoms with van der Waals surface area (Å²) in [4.78, 5) is 12.3. The van der Waals surface area contributed by atoms with E-state index < -0.39 is 6.10 Å². The topological polar surface area (TPSA) is 56.8 Å². The monoisotopic (exact) mass is 421 g/mol. The van der Waals surface area contributed by atoms with Crippen LogP contribution in [0, 0.1) is 6.92 Å². The molecule has 0 radical (unpaired) electrons. The van der Waals surface area contributed by atoms with Gasteiger partial charge in [-0.05, 0) is 65.2 Å². The van der Waals surface area contributed by atoms with Crippen LogP contribution in [0.25, 0.3) is 0 Å². The van der Waals surface area contributed by atoms with Crippen molar-refractivity contribution in [3.05, 3.63) is 58.1 Å². The molecule has 0 heterocycles. The van der Waals surface area contributed by atoms with E-state index in [1.165, 1.54) is 0 Å². The summed E-state index contributed by atoms with van der Waals surface area (Å²) >= 11 is 3.45. The molecule has 6 heteroatoms. The third-order valence-electron chi connectivity index (χ3n) is 3.71. The Bertz CT molecular complexity index is 718. The lowest BCUT2D eigenvalue weighted by molar-refractivity contribution is -0.127. The summed E-state index contributed by atoms with van der Waals surface area (Å²) in [5, 5.41) is 2.88. The minimum atomic E-state index is -0.592. The Hall–Kier alpha value is -2.05. The van der Waals surface area contributed by atoms with E-state index >= 15 is 0 Å². The first-order chi connectivity index (χ1) is 12.5. The standard InChI is InChI=1S/C20H24BrNO4/c1-14-4-9-19(18(21)12-14)26-15(2)20(23)22-13-16-5-7-17(8-6-16)25-11-10-24-3/h4-9,12,15H,10-11,13H2,1-3H3,(H,22,23). The van der Waals surface area contributed by atoms with Gasteiger partial charge in [0.2, 0.25) is 0 Å². The highest BCUT2D eigenvalue weighted by molar-refractivity contribution is 9.10. The van der Waals surface area contributed by atoms with Crippen LogP contribution >= 0.6 is 15.9 Å². The number of halogens is 1. The van der Waals surface area contributed by atoms with E-state index in [1.54, 1.807) is 14.0 Å². The molecular formula is C20H24BrNO4. The lowest BCUT2D eigenvalue weighted by Gasteiger charge is -2.16. The summed E-state index contributed by atoms with van der Waals surface area (Å²) in [6, 6.07) is 13.3. The summed E-state index contributed by atoms with van der Waals surface area (Å²) in [5.41, 5.74) is 2.11. The van der Waals surface area contributed by atoms with Crippen LogP contribution in [-0.2, 0) is 16.1 Å². The number of hydrogen-bond donors (Lipinski definition) is 1. The Labute approximate surface area is 162 Å². The predicted molar refractivity (Wildman–Crippen MR) is 105 cm³/mol. The lowest BCUT2D eigenvalue weighted by atomic mass is 10.2. The molecule has 0 spiro atoms. The van der Waals surface area contributed by atoms with Gasteiger partial charge in [-0.15, -0.1) is 0 Å². The van der Waals surface area contributed by atoms with Crippen molar-refractivity contribution in [1.29, 1.82) is 0 Å². The third kappa shape index (κ3) is 6.35. The molecule has 5 nitrogen and oxygen atoms in total. The van der Waals surface area contributed by atoms with Crippen LogP contribution in [0.1, 0.15) is 18.1 Å². The van der Waals surface area contributed by atoms with Gasteiger partial charge in [-0.2, -0.15) is 0 Å². The molecule has 2 aromatic rings. The van der Waals surface area contributed by atoms with Crippen molar-refractivity contribution in [3.63, 3.8) is 0 Å². The molecule has 0 aliphatic carbocycles. The summed E-state index contributed by atoms with van der Waals surface area (Å²) in [6.07, 6.45) is -0.592. The minimum absolute atomic E-state index is 0.169. The molecule has 140 valence electrons. The van der Waals surface area contributed by atoms with Crippen LogP contribution < -0.4 is 14.8 Å². The van der Waals surface area contributed by atoms with Gasteiger partial charge in [-0.25, -0.2) is 0 Å². The molecule has 2 aromatic carbocycles. The van der Waals surface area contributed by atoms with Crippen LogP contribution in [0.15, 0.2) is 46.9 Å². The number of rotatable bonds is 9. The number of hydrogen-bond acceptors (Lipinski definition) is 4. The van der Waals surface area contributed by atoms with Crippen molar-refractivity contribution in [2.24, 2.45) is 0 Å². The fourth-order valence-corrected chi connectivity index (χ4v) is 2.81. The number of amides is 1. The maximum atomic E-state index is 12.3. The first-order valence-electron chi connectivity index (χ1n) is 8.41. The molecule has 0 saturated carbocycles. The zero-order valence-electron chi connectivity index (χ0n) is 15.3. The highest BCUT2D eigenvalue weighted by Crippen LogP contribution is 2.26. The second kappa shape index (κ2) is 10.2. The van der Waals surface area contributed by atoms with Crippen LogP contribution in [-0.4, -0.2) is 32.3 Å². The predicted octanol–water partition coefficient (Wildman–Crippen LogP) is 3.87. The Balaban J connectivity index is 1.81. The average Bonchev–Trinajstić information content (AvgIpc) is 2.63. The van der Waals surface area contributed by atoms with Crippen molar-refractivity contribution >= 4 is 21.8 Å². The zero-order chi connectivity index (χ0) is 18.9. The van der Waals surface area contributed by atoms with E-state index in [-0.39, 0.29) is 5.91 Å². The van der Waals surface area contributed by atoms with E-state index in [2.05, 4.69) is 21.2 Å². The Morgan fingerprint density at radius 1 is 1.15 bits per heavy atom. The quantitative estimate of drug-likeness (QED) is 0.624.